The van der Waals surface area contributed by atoms with Crippen molar-refractivity contribution in [3.63, 3.8) is 0 Å². The summed E-state index contributed by atoms with van der Waals surface area (Å²) >= 11 is 7.38. The van der Waals surface area contributed by atoms with Gasteiger partial charge in [0.15, 0.2) is 0 Å². The molecule has 0 fully saturated rings. The smallest absolute Gasteiger partial charge is 0.100 e. The molecule has 0 amide bonds. The molecule has 0 aliphatic carbocycles. The Morgan fingerprint density at radius 2 is 2.27 bits per heavy atom. The predicted molar refractivity (Wildman–Crippen MR) is 51.5 cm³/mol. The van der Waals surface area contributed by atoms with Crippen LogP contribution in [-0.2, 0) is 5.75 Å². The Hall–Kier alpha value is -0.460. The maximum atomic E-state index is 8.63. The highest BCUT2D eigenvalue weighted by Crippen LogP contribution is 2.17. The van der Waals surface area contributed by atoms with Crippen molar-refractivity contribution >= 4 is 28.6 Å². The molecule has 0 aromatic heterocycles. The van der Waals surface area contributed by atoms with E-state index in [4.69, 9.17) is 5.26 Å². The first kappa shape index (κ1) is 8.63. The van der Waals surface area contributed by atoms with Crippen LogP contribution in [0.15, 0.2) is 22.7 Å². The van der Waals surface area contributed by atoms with E-state index in [0.717, 1.165) is 10.0 Å². The maximum Gasteiger partial charge on any atom is 0.100 e. The highest BCUT2D eigenvalue weighted by molar-refractivity contribution is 9.10. The van der Waals surface area contributed by atoms with Gasteiger partial charge in [0, 0.05) is 10.2 Å². The molecule has 1 nitrogen and oxygen atoms in total. The van der Waals surface area contributed by atoms with Gasteiger partial charge in [-0.3, -0.25) is 0 Å². The third-order valence-electron chi connectivity index (χ3n) is 1.33. The topological polar surface area (TPSA) is 23.8 Å². The van der Waals surface area contributed by atoms with Gasteiger partial charge in [-0.1, -0.05) is 6.07 Å². The van der Waals surface area contributed by atoms with Crippen molar-refractivity contribution in [1.29, 1.82) is 5.26 Å². The lowest BCUT2D eigenvalue weighted by Gasteiger charge is -1.97. The molecular weight excluding hydrogens is 222 g/mol. The minimum absolute atomic E-state index is 0.663. The SMILES string of the molecule is N#Cc1cc(CS)ccc1Br. The summed E-state index contributed by atoms with van der Waals surface area (Å²) in [7, 11) is 0. The van der Waals surface area contributed by atoms with Crippen molar-refractivity contribution in [2.24, 2.45) is 0 Å². The molecule has 1 rings (SSSR count). The Bertz CT molecular complexity index is 303. The van der Waals surface area contributed by atoms with Crippen LogP contribution in [0.25, 0.3) is 0 Å². The van der Waals surface area contributed by atoms with Crippen molar-refractivity contribution in [3.8, 4) is 6.07 Å². The van der Waals surface area contributed by atoms with E-state index in [1.165, 1.54) is 0 Å². The number of benzene rings is 1. The number of nitriles is 1. The van der Waals surface area contributed by atoms with Crippen LogP contribution in [0, 0.1) is 11.3 Å². The van der Waals surface area contributed by atoms with E-state index < -0.39 is 0 Å². The lowest BCUT2D eigenvalue weighted by molar-refractivity contribution is 1.38. The van der Waals surface area contributed by atoms with Crippen molar-refractivity contribution in [1.82, 2.24) is 0 Å². The van der Waals surface area contributed by atoms with E-state index in [-0.39, 0.29) is 0 Å². The molecule has 0 saturated carbocycles. The minimum Gasteiger partial charge on any atom is -0.192 e. The highest BCUT2D eigenvalue weighted by atomic mass is 79.9. The van der Waals surface area contributed by atoms with Gasteiger partial charge >= 0.3 is 0 Å². The fraction of sp³-hybridized carbons (Fsp3) is 0.125. The van der Waals surface area contributed by atoms with Crippen molar-refractivity contribution in [2.45, 2.75) is 5.75 Å². The normalized spacial score (nSPS) is 9.18. The van der Waals surface area contributed by atoms with Crippen LogP contribution in [0.4, 0.5) is 0 Å². The summed E-state index contributed by atoms with van der Waals surface area (Å²) in [6, 6.07) is 7.73. The van der Waals surface area contributed by atoms with Gasteiger partial charge in [-0.2, -0.15) is 17.9 Å². The van der Waals surface area contributed by atoms with Crippen LogP contribution in [-0.4, -0.2) is 0 Å². The van der Waals surface area contributed by atoms with Gasteiger partial charge in [0.25, 0.3) is 0 Å². The average Bonchev–Trinajstić information content (AvgIpc) is 2.05. The number of halogens is 1. The average molecular weight is 228 g/mol. The van der Waals surface area contributed by atoms with Gasteiger partial charge in [-0.25, -0.2) is 0 Å². The molecule has 0 unspecified atom stereocenters. The first-order valence-electron chi connectivity index (χ1n) is 3.07. The molecule has 0 aliphatic heterocycles. The van der Waals surface area contributed by atoms with Gasteiger partial charge in [-0.15, -0.1) is 0 Å². The molecule has 0 bridgehead atoms. The standard InChI is InChI=1S/C8H6BrNS/c9-8-2-1-6(5-11)3-7(8)4-10/h1-3,11H,5H2. The molecule has 0 N–H and O–H groups in total. The predicted octanol–water partition coefficient (Wildman–Crippen LogP) is 2.75. The number of nitrogens with zero attached hydrogens (tertiary/aromatic N) is 1. The minimum atomic E-state index is 0.663. The van der Waals surface area contributed by atoms with Crippen LogP contribution < -0.4 is 0 Å². The second kappa shape index (κ2) is 3.80. The fourth-order valence-electron chi connectivity index (χ4n) is 0.756. The molecule has 1 aromatic rings. The Balaban J connectivity index is 3.15. The Labute approximate surface area is 79.6 Å². The van der Waals surface area contributed by atoms with Crippen molar-refractivity contribution in [2.75, 3.05) is 0 Å². The van der Waals surface area contributed by atoms with Crippen molar-refractivity contribution < 1.29 is 0 Å². The van der Waals surface area contributed by atoms with E-state index >= 15 is 0 Å². The van der Waals surface area contributed by atoms with Crippen LogP contribution in [0.2, 0.25) is 0 Å². The van der Waals surface area contributed by atoms with Crippen LogP contribution in [0.5, 0.6) is 0 Å². The molecule has 0 radical (unpaired) electrons. The van der Waals surface area contributed by atoms with E-state index in [2.05, 4.69) is 34.6 Å². The van der Waals surface area contributed by atoms with Crippen LogP contribution >= 0.6 is 28.6 Å². The summed E-state index contributed by atoms with van der Waals surface area (Å²) in [5.74, 6) is 0.669. The molecule has 0 spiro atoms. The van der Waals surface area contributed by atoms with Gasteiger partial charge in [0.1, 0.15) is 6.07 Å². The van der Waals surface area contributed by atoms with Crippen molar-refractivity contribution in [3.05, 3.63) is 33.8 Å². The van der Waals surface area contributed by atoms with E-state index in [1.807, 2.05) is 18.2 Å². The Morgan fingerprint density at radius 3 is 2.82 bits per heavy atom. The monoisotopic (exact) mass is 227 g/mol. The lowest BCUT2D eigenvalue weighted by atomic mass is 10.2. The van der Waals surface area contributed by atoms with Gasteiger partial charge < -0.3 is 0 Å². The number of rotatable bonds is 1. The number of hydrogen-bond donors (Lipinski definition) is 1. The summed E-state index contributed by atoms with van der Waals surface area (Å²) in [5, 5.41) is 8.63. The summed E-state index contributed by atoms with van der Waals surface area (Å²) in [6.07, 6.45) is 0. The summed E-state index contributed by atoms with van der Waals surface area (Å²) < 4.78 is 0.838. The van der Waals surface area contributed by atoms with Gasteiger partial charge in [-0.05, 0) is 33.6 Å². The quantitative estimate of drug-likeness (QED) is 0.734. The van der Waals surface area contributed by atoms with E-state index in [9.17, 15) is 0 Å². The zero-order valence-electron chi connectivity index (χ0n) is 5.71. The zero-order chi connectivity index (χ0) is 8.27. The number of thiol groups is 1. The van der Waals surface area contributed by atoms with E-state index in [1.54, 1.807) is 0 Å². The first-order valence-corrected chi connectivity index (χ1v) is 4.50. The molecule has 56 valence electrons. The highest BCUT2D eigenvalue weighted by Gasteiger charge is 1.98. The van der Waals surface area contributed by atoms with E-state index in [0.29, 0.717) is 11.3 Å². The molecule has 0 atom stereocenters. The molecule has 0 heterocycles. The van der Waals surface area contributed by atoms with Crippen LogP contribution in [0.3, 0.4) is 0 Å². The molecule has 3 heteroatoms. The number of hydrogen-bond acceptors (Lipinski definition) is 2. The summed E-state index contributed by atoms with van der Waals surface area (Å²) in [4.78, 5) is 0. The molecule has 1 aromatic carbocycles. The molecule has 0 aliphatic rings. The first-order chi connectivity index (χ1) is 5.27. The largest absolute Gasteiger partial charge is 0.192 e. The third-order valence-corrected chi connectivity index (χ3v) is 2.39. The fourth-order valence-corrected chi connectivity index (χ4v) is 1.29. The van der Waals surface area contributed by atoms with Gasteiger partial charge in [0.05, 0.1) is 5.56 Å². The molecular formula is C8H6BrNS. The second-order valence-corrected chi connectivity index (χ2v) is 3.25. The van der Waals surface area contributed by atoms with Gasteiger partial charge in [0.2, 0.25) is 0 Å². The van der Waals surface area contributed by atoms with Crippen LogP contribution in [0.1, 0.15) is 11.1 Å². The summed E-state index contributed by atoms with van der Waals surface area (Å²) in [5.41, 5.74) is 1.73. The maximum absolute atomic E-state index is 8.63. The Morgan fingerprint density at radius 1 is 1.55 bits per heavy atom. The molecule has 11 heavy (non-hydrogen) atoms. The summed E-state index contributed by atoms with van der Waals surface area (Å²) in [6.45, 7) is 0. The third kappa shape index (κ3) is 1.98. The molecule has 0 saturated heterocycles. The lowest BCUT2D eigenvalue weighted by Crippen LogP contribution is -1.81. The second-order valence-electron chi connectivity index (χ2n) is 2.08. The Kier molecular flexibility index (Phi) is 2.98. The zero-order valence-corrected chi connectivity index (χ0v) is 8.19.